The minimum Gasteiger partial charge on any atom is -0.352 e. The van der Waals surface area contributed by atoms with E-state index in [2.05, 4.69) is 22.6 Å². The highest BCUT2D eigenvalue weighted by molar-refractivity contribution is 5.85. The number of carbonyl (C=O) groups is 1. The van der Waals surface area contributed by atoms with Crippen LogP contribution < -0.4 is 10.6 Å². The van der Waals surface area contributed by atoms with Gasteiger partial charge in [0.05, 0.1) is 6.54 Å². The Morgan fingerprint density at radius 2 is 1.89 bits per heavy atom. The average Bonchev–Trinajstić information content (AvgIpc) is 2.68. The first-order valence-corrected chi connectivity index (χ1v) is 7.46. The van der Waals surface area contributed by atoms with Crippen LogP contribution in [0.15, 0.2) is 0 Å². The quantitative estimate of drug-likeness (QED) is 0.825. The van der Waals surface area contributed by atoms with Crippen LogP contribution in [0, 0.1) is 0 Å². The fourth-order valence-corrected chi connectivity index (χ4v) is 3.14. The Morgan fingerprint density at radius 1 is 1.16 bits per heavy atom. The van der Waals surface area contributed by atoms with E-state index >= 15 is 0 Å². The number of nitrogens with zero attached hydrogens (tertiary/aromatic N) is 1. The van der Waals surface area contributed by atoms with Gasteiger partial charge in [-0.1, -0.05) is 12.8 Å². The molecule has 5 heteroatoms. The second kappa shape index (κ2) is 8.77. The van der Waals surface area contributed by atoms with E-state index in [0.717, 1.165) is 19.5 Å². The molecule has 0 aromatic carbocycles. The molecule has 1 aliphatic heterocycles. The molecule has 112 valence electrons. The summed E-state index contributed by atoms with van der Waals surface area (Å²) in [6.07, 6.45) is 8.47. The third-order valence-electron chi connectivity index (χ3n) is 4.28. The van der Waals surface area contributed by atoms with E-state index in [1.807, 2.05) is 0 Å². The molecular formula is C14H28ClN3O. The maximum Gasteiger partial charge on any atom is 0.234 e. The van der Waals surface area contributed by atoms with Crippen molar-refractivity contribution < 1.29 is 4.79 Å². The maximum atomic E-state index is 12.0. The molecule has 2 N–H and O–H groups in total. The molecule has 1 atom stereocenters. The lowest BCUT2D eigenvalue weighted by atomic mass is 10.1. The molecule has 2 fully saturated rings. The number of amides is 1. The van der Waals surface area contributed by atoms with Crippen LogP contribution >= 0.6 is 12.4 Å². The highest BCUT2D eigenvalue weighted by Crippen LogP contribution is 2.17. The maximum absolute atomic E-state index is 12.0. The fraction of sp³-hybridized carbons (Fsp3) is 0.929. The summed E-state index contributed by atoms with van der Waals surface area (Å²) in [5.74, 6) is 0.210. The second-order valence-corrected chi connectivity index (χ2v) is 5.80. The van der Waals surface area contributed by atoms with E-state index in [0.29, 0.717) is 18.6 Å². The standard InChI is InChI=1S/C14H27N3O.ClH/c1-17(13-7-4-9-15-10-8-13)11-14(18)16-12-5-2-3-6-12;/h12-13,15H,2-11H2,1H3,(H,16,18);1H. The van der Waals surface area contributed by atoms with Crippen LogP contribution in [0.3, 0.4) is 0 Å². The summed E-state index contributed by atoms with van der Waals surface area (Å²) in [5, 5.41) is 6.59. The lowest BCUT2D eigenvalue weighted by Gasteiger charge is -2.26. The molecule has 1 aliphatic carbocycles. The van der Waals surface area contributed by atoms with Gasteiger partial charge >= 0.3 is 0 Å². The van der Waals surface area contributed by atoms with E-state index < -0.39 is 0 Å². The van der Waals surface area contributed by atoms with Crippen molar-refractivity contribution in [1.29, 1.82) is 0 Å². The zero-order valence-electron chi connectivity index (χ0n) is 12.0. The van der Waals surface area contributed by atoms with Gasteiger partial charge in [0.1, 0.15) is 0 Å². The van der Waals surface area contributed by atoms with Crippen LogP contribution in [0.2, 0.25) is 0 Å². The number of hydrogen-bond acceptors (Lipinski definition) is 3. The lowest BCUT2D eigenvalue weighted by Crippen LogP contribution is -2.43. The van der Waals surface area contributed by atoms with Crippen molar-refractivity contribution in [3.63, 3.8) is 0 Å². The summed E-state index contributed by atoms with van der Waals surface area (Å²) in [6.45, 7) is 2.76. The molecule has 2 rings (SSSR count). The molecule has 19 heavy (non-hydrogen) atoms. The van der Waals surface area contributed by atoms with Crippen molar-refractivity contribution in [1.82, 2.24) is 15.5 Å². The highest BCUT2D eigenvalue weighted by atomic mass is 35.5. The van der Waals surface area contributed by atoms with Crippen molar-refractivity contribution in [2.24, 2.45) is 0 Å². The van der Waals surface area contributed by atoms with Gasteiger partial charge in [0.25, 0.3) is 0 Å². The Morgan fingerprint density at radius 3 is 2.63 bits per heavy atom. The predicted molar refractivity (Wildman–Crippen MR) is 80.8 cm³/mol. The van der Waals surface area contributed by atoms with Gasteiger partial charge in [0.15, 0.2) is 0 Å². The van der Waals surface area contributed by atoms with Gasteiger partial charge in [-0.25, -0.2) is 0 Å². The summed E-state index contributed by atoms with van der Waals surface area (Å²) in [7, 11) is 2.09. The third-order valence-corrected chi connectivity index (χ3v) is 4.28. The van der Waals surface area contributed by atoms with Crippen LogP contribution in [0.1, 0.15) is 44.9 Å². The van der Waals surface area contributed by atoms with E-state index in [1.54, 1.807) is 0 Å². The summed E-state index contributed by atoms with van der Waals surface area (Å²) >= 11 is 0. The van der Waals surface area contributed by atoms with E-state index in [-0.39, 0.29) is 18.3 Å². The zero-order valence-corrected chi connectivity index (χ0v) is 12.8. The predicted octanol–water partition coefficient (Wildman–Crippen LogP) is 1.54. The van der Waals surface area contributed by atoms with Crippen LogP contribution in [0.25, 0.3) is 0 Å². The summed E-state index contributed by atoms with van der Waals surface area (Å²) in [6, 6.07) is 1.01. The minimum absolute atomic E-state index is 0. The van der Waals surface area contributed by atoms with Gasteiger partial charge in [0.2, 0.25) is 5.91 Å². The monoisotopic (exact) mass is 289 g/mol. The number of nitrogens with one attached hydrogen (secondary N) is 2. The lowest BCUT2D eigenvalue weighted by molar-refractivity contribution is -0.123. The van der Waals surface area contributed by atoms with E-state index in [9.17, 15) is 4.79 Å². The first-order chi connectivity index (χ1) is 8.75. The number of carbonyl (C=O) groups excluding carboxylic acids is 1. The largest absolute Gasteiger partial charge is 0.352 e. The Balaban J connectivity index is 0.00000180. The topological polar surface area (TPSA) is 44.4 Å². The molecule has 0 spiro atoms. The van der Waals surface area contributed by atoms with Crippen LogP contribution in [-0.4, -0.2) is 49.6 Å². The molecule has 0 bridgehead atoms. The van der Waals surface area contributed by atoms with E-state index in [4.69, 9.17) is 0 Å². The fourth-order valence-electron chi connectivity index (χ4n) is 3.14. The van der Waals surface area contributed by atoms with Gasteiger partial charge in [-0.3, -0.25) is 9.69 Å². The zero-order chi connectivity index (χ0) is 12.8. The van der Waals surface area contributed by atoms with Gasteiger partial charge < -0.3 is 10.6 Å². The Labute approximate surface area is 123 Å². The van der Waals surface area contributed by atoms with Crippen molar-refractivity contribution >= 4 is 18.3 Å². The van der Waals surface area contributed by atoms with Crippen LogP contribution in [0.4, 0.5) is 0 Å². The summed E-state index contributed by atoms with van der Waals surface area (Å²) < 4.78 is 0. The molecule has 0 aromatic heterocycles. The van der Waals surface area contributed by atoms with Gasteiger partial charge in [0, 0.05) is 12.1 Å². The van der Waals surface area contributed by atoms with Gasteiger partial charge in [-0.2, -0.15) is 0 Å². The number of halogens is 1. The van der Waals surface area contributed by atoms with E-state index in [1.165, 1.54) is 38.5 Å². The minimum atomic E-state index is 0. The Kier molecular flexibility index (Phi) is 7.73. The molecular weight excluding hydrogens is 262 g/mol. The van der Waals surface area contributed by atoms with Crippen molar-refractivity contribution in [2.45, 2.75) is 57.0 Å². The molecule has 1 saturated carbocycles. The average molecular weight is 290 g/mol. The Bertz CT molecular complexity index is 261. The van der Waals surface area contributed by atoms with Crippen molar-refractivity contribution in [3.8, 4) is 0 Å². The molecule has 4 nitrogen and oxygen atoms in total. The number of likely N-dealkylation sites (N-methyl/N-ethyl adjacent to an activating group) is 1. The molecule has 0 radical (unpaired) electrons. The Hall–Kier alpha value is -0.320. The number of rotatable bonds is 4. The van der Waals surface area contributed by atoms with Crippen LogP contribution in [0.5, 0.6) is 0 Å². The first kappa shape index (κ1) is 16.7. The molecule has 0 aromatic rings. The molecule has 1 amide bonds. The summed E-state index contributed by atoms with van der Waals surface area (Å²) in [4.78, 5) is 14.2. The smallest absolute Gasteiger partial charge is 0.234 e. The second-order valence-electron chi connectivity index (χ2n) is 5.80. The summed E-state index contributed by atoms with van der Waals surface area (Å²) in [5.41, 5.74) is 0. The van der Waals surface area contributed by atoms with Crippen molar-refractivity contribution in [2.75, 3.05) is 26.7 Å². The SMILES string of the molecule is CN(CC(=O)NC1CCCC1)C1CCCNCC1.Cl. The normalized spacial score (nSPS) is 24.8. The molecule has 1 heterocycles. The molecule has 1 saturated heterocycles. The molecule has 2 aliphatic rings. The molecule has 1 unspecified atom stereocenters. The van der Waals surface area contributed by atoms with Crippen LogP contribution in [-0.2, 0) is 4.79 Å². The number of hydrogen-bond donors (Lipinski definition) is 2. The van der Waals surface area contributed by atoms with Crippen molar-refractivity contribution in [3.05, 3.63) is 0 Å². The first-order valence-electron chi connectivity index (χ1n) is 7.46. The third kappa shape index (κ3) is 5.67. The van der Waals surface area contributed by atoms with Gasteiger partial charge in [-0.15, -0.1) is 12.4 Å². The van der Waals surface area contributed by atoms with Gasteiger partial charge in [-0.05, 0) is 52.2 Å². The highest BCUT2D eigenvalue weighted by Gasteiger charge is 2.21.